The topological polar surface area (TPSA) is 18.5 Å². The molecule has 0 spiro atoms. The fourth-order valence-electron chi connectivity index (χ4n) is 2.80. The number of unbranched alkanes of at least 4 members (excludes halogenated alkanes) is 8. The molecule has 0 heterocycles. The van der Waals surface area contributed by atoms with Crippen molar-refractivity contribution in [3.8, 4) is 0 Å². The smallest absolute Gasteiger partial charge is 0.144 e. The van der Waals surface area contributed by atoms with Crippen molar-refractivity contribution in [3.63, 3.8) is 0 Å². The summed E-state index contributed by atoms with van der Waals surface area (Å²) in [6, 6.07) is 0. The average Bonchev–Trinajstić information content (AvgIpc) is 2.46. The second-order valence-electron chi connectivity index (χ2n) is 5.71. The largest absolute Gasteiger partial charge is 0.355 e. The molecule has 0 radical (unpaired) electrons. The fraction of sp³-hybridized carbons (Fsp3) is 1.00. The van der Waals surface area contributed by atoms with Gasteiger partial charge in [-0.25, -0.2) is 0 Å². The average molecular weight is 303 g/mol. The van der Waals surface area contributed by atoms with Crippen LogP contribution in [0.5, 0.6) is 0 Å². The third kappa shape index (κ3) is 9.95. The Morgan fingerprint density at radius 1 is 0.700 bits per heavy atom. The highest BCUT2D eigenvalue weighted by Crippen LogP contribution is 2.21. The Morgan fingerprint density at radius 2 is 1.15 bits per heavy atom. The van der Waals surface area contributed by atoms with Crippen molar-refractivity contribution in [2.75, 3.05) is 13.2 Å². The lowest BCUT2D eigenvalue weighted by atomic mass is 10.1. The maximum atomic E-state index is 5.93. The molecule has 2 nitrogen and oxygen atoms in total. The van der Waals surface area contributed by atoms with Gasteiger partial charge in [-0.3, -0.25) is 0 Å². The van der Waals surface area contributed by atoms with Crippen LogP contribution in [0.2, 0.25) is 6.55 Å². The fourth-order valence-corrected chi connectivity index (χ4v) is 4.22. The zero-order chi connectivity index (χ0) is 15.1. The summed E-state index contributed by atoms with van der Waals surface area (Å²) in [4.78, 5) is 0. The third-order valence-corrected chi connectivity index (χ3v) is 5.85. The first kappa shape index (κ1) is 20.1. The summed E-state index contributed by atoms with van der Waals surface area (Å²) in [6.45, 7) is 10.3. The molecule has 20 heavy (non-hydrogen) atoms. The van der Waals surface area contributed by atoms with Gasteiger partial charge in [0.05, 0.1) is 9.52 Å². The molecule has 0 aromatic carbocycles. The van der Waals surface area contributed by atoms with Crippen LogP contribution in [0.1, 0.15) is 85.0 Å². The normalized spacial score (nSPS) is 12.6. The number of ether oxygens (including phenoxy) is 2. The molecule has 0 amide bonds. The molecule has 0 fully saturated rings. The first-order chi connectivity index (χ1) is 9.74. The quantitative estimate of drug-likeness (QED) is 0.244. The standard InChI is InChI=1S/C17H38O2Si/c1-5-8-9-10-11-12-13-14-15-16-17(20-4,18-6-2)19-7-3/h5-16,20H2,1-4H3. The van der Waals surface area contributed by atoms with Gasteiger partial charge in [0.1, 0.15) is 5.41 Å². The van der Waals surface area contributed by atoms with Crippen LogP contribution in [0, 0.1) is 0 Å². The minimum atomic E-state index is -0.299. The van der Waals surface area contributed by atoms with Gasteiger partial charge >= 0.3 is 0 Å². The van der Waals surface area contributed by atoms with Crippen LogP contribution in [-0.4, -0.2) is 28.1 Å². The molecular weight excluding hydrogens is 264 g/mol. The van der Waals surface area contributed by atoms with Crippen LogP contribution >= 0.6 is 0 Å². The molecule has 0 aromatic heterocycles. The molecule has 0 N–H and O–H groups in total. The van der Waals surface area contributed by atoms with Crippen molar-refractivity contribution in [1.82, 2.24) is 0 Å². The summed E-state index contributed by atoms with van der Waals surface area (Å²) in [5.41, 5.74) is -0.176. The van der Waals surface area contributed by atoms with Crippen molar-refractivity contribution < 1.29 is 9.47 Å². The second-order valence-corrected chi connectivity index (χ2v) is 7.49. The van der Waals surface area contributed by atoms with E-state index in [1.807, 2.05) is 0 Å². The van der Waals surface area contributed by atoms with E-state index in [-0.39, 0.29) is 14.9 Å². The van der Waals surface area contributed by atoms with Gasteiger partial charge in [0, 0.05) is 13.2 Å². The highest BCUT2D eigenvalue weighted by Gasteiger charge is 2.28. The Hall–Kier alpha value is 0.137. The van der Waals surface area contributed by atoms with E-state index in [1.54, 1.807) is 0 Å². The van der Waals surface area contributed by atoms with Crippen molar-refractivity contribution in [2.45, 2.75) is 96.9 Å². The van der Waals surface area contributed by atoms with Crippen molar-refractivity contribution >= 4 is 9.52 Å². The van der Waals surface area contributed by atoms with E-state index in [2.05, 4.69) is 27.3 Å². The van der Waals surface area contributed by atoms with Crippen LogP contribution in [-0.2, 0) is 9.47 Å². The molecule has 0 aromatic rings. The van der Waals surface area contributed by atoms with Gasteiger partial charge < -0.3 is 9.47 Å². The lowest BCUT2D eigenvalue weighted by Gasteiger charge is -2.32. The maximum Gasteiger partial charge on any atom is 0.144 e. The van der Waals surface area contributed by atoms with E-state index < -0.39 is 0 Å². The Bertz CT molecular complexity index is 191. The summed E-state index contributed by atoms with van der Waals surface area (Å²) >= 11 is 0. The summed E-state index contributed by atoms with van der Waals surface area (Å²) in [5.74, 6) is 0. The highest BCUT2D eigenvalue weighted by molar-refractivity contribution is 6.37. The molecule has 3 heteroatoms. The Kier molecular flexibility index (Phi) is 14.2. The first-order valence-electron chi connectivity index (χ1n) is 9.02. The number of rotatable bonds is 15. The van der Waals surface area contributed by atoms with E-state index in [4.69, 9.17) is 9.47 Å². The molecule has 0 aliphatic rings. The highest BCUT2D eigenvalue weighted by atomic mass is 28.2. The molecule has 0 saturated carbocycles. The molecule has 0 saturated heterocycles. The third-order valence-electron chi connectivity index (χ3n) is 4.01. The lowest BCUT2D eigenvalue weighted by molar-refractivity contribution is -0.179. The molecule has 0 aliphatic carbocycles. The van der Waals surface area contributed by atoms with Gasteiger partial charge in [0.2, 0.25) is 0 Å². The van der Waals surface area contributed by atoms with Crippen LogP contribution in [0.25, 0.3) is 0 Å². The van der Waals surface area contributed by atoms with E-state index in [9.17, 15) is 0 Å². The van der Waals surface area contributed by atoms with Gasteiger partial charge in [-0.15, -0.1) is 0 Å². The zero-order valence-electron chi connectivity index (χ0n) is 14.5. The SMILES string of the molecule is CCCCCCCCCCCC(OCC)(OCC)[SiH2]C. The minimum absolute atomic E-state index is 0.176. The molecular formula is C17H38O2Si. The monoisotopic (exact) mass is 302 g/mol. The molecule has 0 bridgehead atoms. The Labute approximate surface area is 129 Å². The number of hydrogen-bond donors (Lipinski definition) is 0. The van der Waals surface area contributed by atoms with Crippen LogP contribution in [0.3, 0.4) is 0 Å². The molecule has 0 rings (SSSR count). The van der Waals surface area contributed by atoms with Crippen LogP contribution < -0.4 is 0 Å². The summed E-state index contributed by atoms with van der Waals surface area (Å²) < 4.78 is 11.9. The minimum Gasteiger partial charge on any atom is -0.355 e. The van der Waals surface area contributed by atoms with Gasteiger partial charge in [-0.05, 0) is 26.7 Å². The van der Waals surface area contributed by atoms with Crippen LogP contribution in [0.4, 0.5) is 0 Å². The van der Waals surface area contributed by atoms with Gasteiger partial charge in [-0.1, -0.05) is 64.8 Å². The van der Waals surface area contributed by atoms with Gasteiger partial charge in [0.15, 0.2) is 0 Å². The lowest BCUT2D eigenvalue weighted by Crippen LogP contribution is -2.41. The van der Waals surface area contributed by atoms with E-state index in [0.717, 1.165) is 19.6 Å². The van der Waals surface area contributed by atoms with E-state index >= 15 is 0 Å². The first-order valence-corrected chi connectivity index (χ1v) is 11.1. The van der Waals surface area contributed by atoms with E-state index in [0.29, 0.717) is 0 Å². The zero-order valence-corrected chi connectivity index (χ0v) is 15.9. The van der Waals surface area contributed by atoms with Crippen molar-refractivity contribution in [3.05, 3.63) is 0 Å². The Balaban J connectivity index is 3.62. The molecule has 0 unspecified atom stereocenters. The predicted octanol–water partition coefficient (Wildman–Crippen LogP) is 4.85. The second kappa shape index (κ2) is 14.1. The van der Waals surface area contributed by atoms with E-state index in [1.165, 1.54) is 57.8 Å². The maximum absolute atomic E-state index is 5.93. The molecule has 0 aliphatic heterocycles. The van der Waals surface area contributed by atoms with Gasteiger partial charge in [0.25, 0.3) is 0 Å². The summed E-state index contributed by atoms with van der Waals surface area (Å²) in [6.07, 6.45) is 13.5. The summed E-state index contributed by atoms with van der Waals surface area (Å²) in [5, 5.41) is 0. The Morgan fingerprint density at radius 3 is 1.55 bits per heavy atom. The van der Waals surface area contributed by atoms with Crippen LogP contribution in [0.15, 0.2) is 0 Å². The van der Waals surface area contributed by atoms with Crippen molar-refractivity contribution in [1.29, 1.82) is 0 Å². The number of hydrogen-bond acceptors (Lipinski definition) is 2. The molecule has 0 atom stereocenters. The van der Waals surface area contributed by atoms with Crippen molar-refractivity contribution in [2.24, 2.45) is 0 Å². The van der Waals surface area contributed by atoms with Gasteiger partial charge in [-0.2, -0.15) is 0 Å². The predicted molar refractivity (Wildman–Crippen MR) is 92.2 cm³/mol. The summed E-state index contributed by atoms with van der Waals surface area (Å²) in [7, 11) is -0.299. The molecule has 122 valence electrons.